The summed E-state index contributed by atoms with van der Waals surface area (Å²) in [5.41, 5.74) is 0. The Hall–Kier alpha value is -3.93. The molecule has 0 bridgehead atoms. The van der Waals surface area contributed by atoms with Gasteiger partial charge in [-0.1, -0.05) is 233 Å². The third kappa shape index (κ3) is 54.9. The van der Waals surface area contributed by atoms with E-state index in [2.05, 4.69) is 118 Å². The molecule has 0 fully saturated rings. The molecule has 0 saturated carbocycles. The number of hydrogen-bond acceptors (Lipinski definition) is 6. The maximum atomic E-state index is 12.8. The van der Waals surface area contributed by atoms with Crippen LogP contribution in [0, 0.1) is 0 Å². The van der Waals surface area contributed by atoms with E-state index in [1.165, 1.54) is 109 Å². The normalized spacial score (nSPS) is 12.9. The molecule has 392 valence electrons. The van der Waals surface area contributed by atoms with E-state index in [-0.39, 0.29) is 31.6 Å². The van der Waals surface area contributed by atoms with Crippen molar-refractivity contribution in [2.75, 3.05) is 13.2 Å². The van der Waals surface area contributed by atoms with E-state index in [9.17, 15) is 14.4 Å². The van der Waals surface area contributed by atoms with Crippen LogP contribution in [0.2, 0.25) is 0 Å². The van der Waals surface area contributed by atoms with E-state index in [0.717, 1.165) is 96.3 Å². The Kier molecular flexibility index (Phi) is 53.4. The monoisotopic (exact) mass is 957 g/mol. The molecular formula is C63H104O6. The molecule has 0 aromatic rings. The topological polar surface area (TPSA) is 78.9 Å². The van der Waals surface area contributed by atoms with Crippen LogP contribution in [0.4, 0.5) is 0 Å². The summed E-state index contributed by atoms with van der Waals surface area (Å²) in [7, 11) is 0. The van der Waals surface area contributed by atoms with Crippen LogP contribution in [0.3, 0.4) is 0 Å². The third-order valence-electron chi connectivity index (χ3n) is 11.8. The number of hydrogen-bond donors (Lipinski definition) is 0. The number of carbonyl (C=O) groups excluding carboxylic acids is 3. The summed E-state index contributed by atoms with van der Waals surface area (Å²) in [6, 6.07) is 0. The Morgan fingerprint density at radius 3 is 0.986 bits per heavy atom. The Morgan fingerprint density at radius 1 is 0.319 bits per heavy atom. The van der Waals surface area contributed by atoms with Gasteiger partial charge in [0.05, 0.1) is 6.42 Å². The van der Waals surface area contributed by atoms with E-state index >= 15 is 0 Å². The van der Waals surface area contributed by atoms with E-state index < -0.39 is 12.1 Å². The van der Waals surface area contributed by atoms with Gasteiger partial charge in [0.2, 0.25) is 0 Å². The molecule has 0 aromatic carbocycles. The Morgan fingerprint density at radius 2 is 0.609 bits per heavy atom. The molecule has 0 amide bonds. The number of allylic oxidation sites excluding steroid dienone is 17. The molecule has 6 heteroatoms. The summed E-state index contributed by atoms with van der Waals surface area (Å²) >= 11 is 0. The first-order valence-electron chi connectivity index (χ1n) is 28.4. The zero-order chi connectivity index (χ0) is 50.0. The van der Waals surface area contributed by atoms with E-state index in [0.29, 0.717) is 19.3 Å². The lowest BCUT2D eigenvalue weighted by Crippen LogP contribution is -2.30. The van der Waals surface area contributed by atoms with Crippen molar-refractivity contribution in [3.8, 4) is 0 Å². The molecule has 0 saturated heterocycles. The fourth-order valence-electron chi connectivity index (χ4n) is 7.52. The molecule has 0 aliphatic carbocycles. The lowest BCUT2D eigenvalue weighted by atomic mass is 10.1. The number of esters is 3. The number of carbonyl (C=O) groups is 3. The molecule has 6 nitrogen and oxygen atoms in total. The Labute approximate surface area is 425 Å². The second kappa shape index (κ2) is 56.7. The van der Waals surface area contributed by atoms with Gasteiger partial charge in [-0.2, -0.15) is 0 Å². The molecule has 0 aliphatic heterocycles. The second-order valence-corrected chi connectivity index (χ2v) is 18.5. The summed E-state index contributed by atoms with van der Waals surface area (Å²) < 4.78 is 16.7. The predicted octanol–water partition coefficient (Wildman–Crippen LogP) is 19.1. The summed E-state index contributed by atoms with van der Waals surface area (Å²) in [6.45, 7) is 6.40. The molecule has 0 aliphatic rings. The van der Waals surface area contributed by atoms with Crippen LogP contribution >= 0.6 is 0 Å². The van der Waals surface area contributed by atoms with E-state index in [1.807, 2.05) is 6.08 Å². The molecule has 1 atom stereocenters. The lowest BCUT2D eigenvalue weighted by Gasteiger charge is -2.18. The van der Waals surface area contributed by atoms with Crippen LogP contribution in [0.1, 0.15) is 252 Å². The van der Waals surface area contributed by atoms with Crippen molar-refractivity contribution in [2.45, 2.75) is 258 Å². The van der Waals surface area contributed by atoms with Crippen LogP contribution in [-0.2, 0) is 28.6 Å². The lowest BCUT2D eigenvalue weighted by molar-refractivity contribution is -0.166. The fourth-order valence-corrected chi connectivity index (χ4v) is 7.52. The predicted molar refractivity (Wildman–Crippen MR) is 297 cm³/mol. The first kappa shape index (κ1) is 65.1. The third-order valence-corrected chi connectivity index (χ3v) is 11.8. The van der Waals surface area contributed by atoms with Crippen molar-refractivity contribution in [1.82, 2.24) is 0 Å². The SMILES string of the molecule is CC/C=C\C/C=C\C/C=C\C/C=C\C/C=C\CC(=O)OC(COC(=O)CCCCCCC/C=C\CCCCCC)COC(=O)CCCCCCCCCC/C=C\C/C=C\C/C=C\CCCCCCC. The van der Waals surface area contributed by atoms with Gasteiger partial charge >= 0.3 is 17.9 Å². The van der Waals surface area contributed by atoms with Gasteiger partial charge in [0.15, 0.2) is 6.10 Å². The van der Waals surface area contributed by atoms with Crippen LogP contribution in [-0.4, -0.2) is 37.2 Å². The van der Waals surface area contributed by atoms with Crippen molar-refractivity contribution in [3.63, 3.8) is 0 Å². The first-order chi connectivity index (χ1) is 34.0. The molecule has 0 radical (unpaired) electrons. The molecule has 69 heavy (non-hydrogen) atoms. The standard InChI is InChI=1S/C63H104O6/c1-4-7-10-13-16-19-22-25-27-28-29-30-31-32-33-34-36-38-41-44-47-50-53-56-62(65)68-59-60(58-67-61(64)55-52-49-46-43-40-37-24-21-18-15-12-9-6-3)69-63(66)57-54-51-48-45-42-39-35-26-23-20-17-14-11-8-5-2/h8,11,17,20-22,24-26,28-29,31-32,35,42,45,51,54,60H,4-7,9-10,12-16,18-19,23,27,30,33-34,36-41,43-44,46-50,52-53,55-59H2,1-3H3/b11-8-,20-17-,24-21-,25-22-,29-28-,32-31-,35-26-,45-42-,54-51-. The van der Waals surface area contributed by atoms with Gasteiger partial charge in [-0.25, -0.2) is 0 Å². The van der Waals surface area contributed by atoms with Gasteiger partial charge in [-0.3, -0.25) is 14.4 Å². The van der Waals surface area contributed by atoms with Crippen LogP contribution in [0.15, 0.2) is 109 Å². The molecule has 0 N–H and O–H groups in total. The van der Waals surface area contributed by atoms with Crippen molar-refractivity contribution >= 4 is 17.9 Å². The van der Waals surface area contributed by atoms with Gasteiger partial charge in [0, 0.05) is 12.8 Å². The minimum absolute atomic E-state index is 0.0906. The summed E-state index contributed by atoms with van der Waals surface area (Å²) in [5.74, 6) is -1.07. The van der Waals surface area contributed by atoms with Crippen molar-refractivity contribution in [3.05, 3.63) is 109 Å². The highest BCUT2D eigenvalue weighted by atomic mass is 16.6. The van der Waals surface area contributed by atoms with Crippen molar-refractivity contribution < 1.29 is 28.6 Å². The highest BCUT2D eigenvalue weighted by molar-refractivity contribution is 5.72. The number of unbranched alkanes of at least 4 members (excludes halogenated alkanes) is 22. The molecule has 1 unspecified atom stereocenters. The molecular weight excluding hydrogens is 853 g/mol. The maximum Gasteiger partial charge on any atom is 0.310 e. The van der Waals surface area contributed by atoms with Crippen LogP contribution in [0.5, 0.6) is 0 Å². The quantitative estimate of drug-likeness (QED) is 0.0262. The average Bonchev–Trinajstić information content (AvgIpc) is 3.35. The molecule has 0 rings (SSSR count). The first-order valence-corrected chi connectivity index (χ1v) is 28.4. The van der Waals surface area contributed by atoms with Crippen molar-refractivity contribution in [2.24, 2.45) is 0 Å². The summed E-state index contributed by atoms with van der Waals surface area (Å²) in [4.78, 5) is 38.0. The van der Waals surface area contributed by atoms with Gasteiger partial charge in [0.25, 0.3) is 0 Å². The Bertz CT molecular complexity index is 1420. The molecule has 0 spiro atoms. The largest absolute Gasteiger partial charge is 0.462 e. The van der Waals surface area contributed by atoms with Gasteiger partial charge in [0.1, 0.15) is 13.2 Å². The minimum atomic E-state index is -0.841. The van der Waals surface area contributed by atoms with Crippen LogP contribution < -0.4 is 0 Å². The summed E-state index contributed by atoms with van der Waals surface area (Å²) in [6.07, 6.45) is 76.8. The fraction of sp³-hybridized carbons (Fsp3) is 0.667. The molecule has 0 aromatic heterocycles. The van der Waals surface area contributed by atoms with Crippen molar-refractivity contribution in [1.29, 1.82) is 0 Å². The summed E-state index contributed by atoms with van der Waals surface area (Å²) in [5, 5.41) is 0. The van der Waals surface area contributed by atoms with Gasteiger partial charge < -0.3 is 14.2 Å². The van der Waals surface area contributed by atoms with Gasteiger partial charge in [-0.05, 0) is 109 Å². The number of rotatable bonds is 50. The van der Waals surface area contributed by atoms with E-state index in [4.69, 9.17) is 14.2 Å². The Balaban J connectivity index is 4.45. The van der Waals surface area contributed by atoms with Gasteiger partial charge in [-0.15, -0.1) is 0 Å². The highest BCUT2D eigenvalue weighted by Gasteiger charge is 2.19. The van der Waals surface area contributed by atoms with E-state index in [1.54, 1.807) is 6.08 Å². The molecule has 0 heterocycles. The second-order valence-electron chi connectivity index (χ2n) is 18.5. The maximum absolute atomic E-state index is 12.8. The highest BCUT2D eigenvalue weighted by Crippen LogP contribution is 2.14. The average molecular weight is 958 g/mol. The zero-order valence-electron chi connectivity index (χ0n) is 44.8. The van der Waals surface area contributed by atoms with Crippen LogP contribution in [0.25, 0.3) is 0 Å². The smallest absolute Gasteiger partial charge is 0.310 e. The number of ether oxygens (including phenoxy) is 3. The zero-order valence-corrected chi connectivity index (χ0v) is 44.8. The minimum Gasteiger partial charge on any atom is -0.462 e.